The number of urea groups is 1. The molecule has 112 valence electrons. The molecular weight excluding hydrogens is 262 g/mol. The number of rotatable bonds is 8. The number of aliphatic hydroxyl groups excluding tert-OH is 1. The molecule has 0 aliphatic heterocycles. The van der Waals surface area contributed by atoms with Crippen LogP contribution < -0.4 is 5.32 Å². The number of aliphatic hydroxyl groups is 1. The largest absolute Gasteiger partial charge is 0.480 e. The molecule has 0 heterocycles. The van der Waals surface area contributed by atoms with Crippen molar-refractivity contribution in [2.75, 3.05) is 19.7 Å². The third kappa shape index (κ3) is 7.55. The third-order valence-corrected chi connectivity index (χ3v) is 2.32. The summed E-state index contributed by atoms with van der Waals surface area (Å²) in [5.74, 6) is -1.19. The Morgan fingerprint density at radius 1 is 1.32 bits per heavy atom. The molecule has 0 aromatic heterocycles. The Morgan fingerprint density at radius 2 is 1.89 bits per heavy atom. The fourth-order valence-electron chi connectivity index (χ4n) is 1.50. The number of carboxylic acids is 1. The van der Waals surface area contributed by atoms with Gasteiger partial charge in [-0.15, -0.1) is 0 Å². The van der Waals surface area contributed by atoms with Crippen molar-refractivity contribution in [2.45, 2.75) is 32.7 Å². The lowest BCUT2D eigenvalue weighted by Gasteiger charge is -2.24. The molecule has 0 saturated carbocycles. The average molecular weight is 282 g/mol. The molecule has 2 amide bonds. The van der Waals surface area contributed by atoms with E-state index in [1.54, 1.807) is 13.8 Å². The van der Waals surface area contributed by atoms with Crippen molar-refractivity contribution in [1.29, 1.82) is 0 Å². The highest BCUT2D eigenvalue weighted by Gasteiger charge is 2.25. The number of alkyl halides is 2. The molecule has 19 heavy (non-hydrogen) atoms. The summed E-state index contributed by atoms with van der Waals surface area (Å²) in [5, 5.41) is 19.8. The van der Waals surface area contributed by atoms with Crippen LogP contribution in [0.3, 0.4) is 0 Å². The summed E-state index contributed by atoms with van der Waals surface area (Å²) < 4.78 is 24.5. The van der Waals surface area contributed by atoms with Gasteiger partial charge in [0.15, 0.2) is 0 Å². The van der Waals surface area contributed by atoms with Crippen molar-refractivity contribution in [3.8, 4) is 0 Å². The zero-order valence-corrected chi connectivity index (χ0v) is 11.0. The summed E-state index contributed by atoms with van der Waals surface area (Å²) in [4.78, 5) is 23.3. The van der Waals surface area contributed by atoms with Gasteiger partial charge >= 0.3 is 12.0 Å². The molecule has 0 saturated heterocycles. The fraction of sp³-hybridized carbons (Fsp3) is 0.818. The monoisotopic (exact) mass is 282 g/mol. The van der Waals surface area contributed by atoms with Gasteiger partial charge < -0.3 is 20.4 Å². The zero-order valence-electron chi connectivity index (χ0n) is 11.0. The molecule has 0 aliphatic carbocycles. The number of halogens is 2. The Labute approximate surface area is 110 Å². The van der Waals surface area contributed by atoms with Crippen LogP contribution in [-0.2, 0) is 4.79 Å². The van der Waals surface area contributed by atoms with Gasteiger partial charge in [0, 0.05) is 6.54 Å². The molecule has 3 N–H and O–H groups in total. The van der Waals surface area contributed by atoms with Gasteiger partial charge in [-0.25, -0.2) is 18.4 Å². The highest BCUT2D eigenvalue weighted by Crippen LogP contribution is 2.06. The Kier molecular flexibility index (Phi) is 7.97. The Bertz CT molecular complexity index is 300. The van der Waals surface area contributed by atoms with Crippen LogP contribution in [0.2, 0.25) is 0 Å². The summed E-state index contributed by atoms with van der Waals surface area (Å²) in [6.07, 6.45) is -2.55. The van der Waals surface area contributed by atoms with E-state index in [1.807, 2.05) is 0 Å². The predicted octanol–water partition coefficient (Wildman–Crippen LogP) is 0.755. The zero-order chi connectivity index (χ0) is 15.0. The lowest BCUT2D eigenvalue weighted by atomic mass is 10.0. The number of nitrogens with one attached hydrogen (secondary N) is 1. The summed E-state index contributed by atoms with van der Waals surface area (Å²) >= 11 is 0. The van der Waals surface area contributed by atoms with E-state index in [9.17, 15) is 18.4 Å². The first-order valence-corrected chi connectivity index (χ1v) is 5.95. The van der Waals surface area contributed by atoms with Crippen molar-refractivity contribution >= 4 is 12.0 Å². The molecule has 0 aliphatic rings. The topological polar surface area (TPSA) is 89.9 Å². The number of amides is 2. The Morgan fingerprint density at radius 3 is 2.26 bits per heavy atom. The molecule has 6 nitrogen and oxygen atoms in total. The maximum atomic E-state index is 12.3. The number of carbonyl (C=O) groups excluding carboxylic acids is 1. The maximum Gasteiger partial charge on any atom is 0.326 e. The van der Waals surface area contributed by atoms with Gasteiger partial charge in [0.2, 0.25) is 0 Å². The van der Waals surface area contributed by atoms with Crippen molar-refractivity contribution in [3.63, 3.8) is 0 Å². The number of hydrogen-bond donors (Lipinski definition) is 3. The number of nitrogens with zero attached hydrogens (tertiary/aromatic N) is 1. The van der Waals surface area contributed by atoms with Crippen LogP contribution in [0.4, 0.5) is 13.6 Å². The van der Waals surface area contributed by atoms with Crippen molar-refractivity contribution in [2.24, 2.45) is 5.92 Å². The van der Waals surface area contributed by atoms with E-state index in [0.29, 0.717) is 4.90 Å². The van der Waals surface area contributed by atoms with Crippen molar-refractivity contribution < 1.29 is 28.6 Å². The van der Waals surface area contributed by atoms with Crippen LogP contribution in [0, 0.1) is 5.92 Å². The van der Waals surface area contributed by atoms with E-state index < -0.39 is 37.6 Å². The number of hydrogen-bond acceptors (Lipinski definition) is 3. The molecule has 8 heteroatoms. The fourth-order valence-corrected chi connectivity index (χ4v) is 1.50. The van der Waals surface area contributed by atoms with Crippen LogP contribution in [-0.4, -0.2) is 59.3 Å². The maximum absolute atomic E-state index is 12.3. The Balaban J connectivity index is 4.60. The second-order valence-corrected chi connectivity index (χ2v) is 4.53. The molecular formula is C11H20F2N2O4. The van der Waals surface area contributed by atoms with E-state index >= 15 is 0 Å². The molecule has 0 radical (unpaired) electrons. The Hall–Kier alpha value is -1.44. The third-order valence-electron chi connectivity index (χ3n) is 2.32. The molecule has 0 spiro atoms. The molecule has 0 aromatic rings. The number of carbonyl (C=O) groups is 2. The molecule has 0 unspecified atom stereocenters. The normalized spacial score (nSPS) is 12.6. The van der Waals surface area contributed by atoms with E-state index in [1.165, 1.54) is 0 Å². The van der Waals surface area contributed by atoms with Crippen molar-refractivity contribution in [1.82, 2.24) is 10.2 Å². The highest BCUT2D eigenvalue weighted by atomic mass is 19.3. The smallest absolute Gasteiger partial charge is 0.326 e. The number of carboxylic acid groups (broad SMARTS) is 1. The van der Waals surface area contributed by atoms with Crippen LogP contribution in [0.25, 0.3) is 0 Å². The molecule has 0 aromatic carbocycles. The standard InChI is InChI=1S/C11H20F2N2O4/c1-7(2)5-8(10(17)18)14-11(19)15(3-4-16)6-9(12)13/h7-9,16H,3-6H2,1-2H3,(H,14,19)(H,17,18)/t8-/m0/s1. The first-order valence-electron chi connectivity index (χ1n) is 5.95. The van der Waals surface area contributed by atoms with Gasteiger partial charge in [-0.3, -0.25) is 0 Å². The van der Waals surface area contributed by atoms with Gasteiger partial charge in [-0.2, -0.15) is 0 Å². The molecule has 1 atom stereocenters. The highest BCUT2D eigenvalue weighted by molar-refractivity contribution is 5.82. The first-order chi connectivity index (χ1) is 8.77. The quantitative estimate of drug-likeness (QED) is 0.613. The van der Waals surface area contributed by atoms with Gasteiger partial charge in [-0.1, -0.05) is 13.8 Å². The van der Waals surface area contributed by atoms with Crippen LogP contribution in [0.1, 0.15) is 20.3 Å². The average Bonchev–Trinajstić information content (AvgIpc) is 2.26. The minimum absolute atomic E-state index is 0.0304. The van der Waals surface area contributed by atoms with Gasteiger partial charge in [-0.05, 0) is 12.3 Å². The van der Waals surface area contributed by atoms with E-state index in [0.717, 1.165) is 0 Å². The lowest BCUT2D eigenvalue weighted by Crippen LogP contribution is -2.50. The van der Waals surface area contributed by atoms with E-state index in [4.69, 9.17) is 10.2 Å². The summed E-state index contributed by atoms with van der Waals surface area (Å²) in [7, 11) is 0. The van der Waals surface area contributed by atoms with Gasteiger partial charge in [0.1, 0.15) is 6.04 Å². The molecule has 0 fully saturated rings. The molecule has 0 bridgehead atoms. The van der Waals surface area contributed by atoms with Crippen LogP contribution in [0.5, 0.6) is 0 Å². The predicted molar refractivity (Wildman–Crippen MR) is 64.1 cm³/mol. The minimum Gasteiger partial charge on any atom is -0.480 e. The van der Waals surface area contributed by atoms with Crippen LogP contribution in [0.15, 0.2) is 0 Å². The second kappa shape index (κ2) is 8.63. The summed E-state index contributed by atoms with van der Waals surface area (Å²) in [6.45, 7) is 1.98. The molecule has 0 rings (SSSR count). The SMILES string of the molecule is CC(C)C[C@H](NC(=O)N(CCO)CC(F)F)C(=O)O. The summed E-state index contributed by atoms with van der Waals surface area (Å²) in [5.41, 5.74) is 0. The van der Waals surface area contributed by atoms with Gasteiger partial charge in [0.05, 0.1) is 13.2 Å². The first kappa shape index (κ1) is 17.6. The van der Waals surface area contributed by atoms with Crippen LogP contribution >= 0.6 is 0 Å². The number of aliphatic carboxylic acids is 1. The van der Waals surface area contributed by atoms with Crippen molar-refractivity contribution in [3.05, 3.63) is 0 Å². The lowest BCUT2D eigenvalue weighted by molar-refractivity contribution is -0.139. The summed E-state index contributed by atoms with van der Waals surface area (Å²) in [6, 6.07) is -2.05. The van der Waals surface area contributed by atoms with E-state index in [-0.39, 0.29) is 18.9 Å². The van der Waals surface area contributed by atoms with E-state index in [2.05, 4.69) is 5.32 Å². The minimum atomic E-state index is -2.74. The second-order valence-electron chi connectivity index (χ2n) is 4.53. The van der Waals surface area contributed by atoms with Gasteiger partial charge in [0.25, 0.3) is 6.43 Å².